The molecule has 2 aromatic rings. The van der Waals surface area contributed by atoms with Crippen molar-refractivity contribution in [1.82, 2.24) is 9.55 Å². The summed E-state index contributed by atoms with van der Waals surface area (Å²) < 4.78 is 2.05. The van der Waals surface area contributed by atoms with Crippen LogP contribution in [0.25, 0.3) is 0 Å². The van der Waals surface area contributed by atoms with E-state index in [0.29, 0.717) is 17.7 Å². The molecule has 108 valence electrons. The monoisotopic (exact) mass is 282 g/mol. The Kier molecular flexibility index (Phi) is 4.72. The van der Waals surface area contributed by atoms with E-state index >= 15 is 0 Å². The molecule has 1 heterocycles. The first-order valence-corrected chi connectivity index (χ1v) is 6.88. The lowest BCUT2D eigenvalue weighted by Crippen LogP contribution is -2.12. The van der Waals surface area contributed by atoms with Gasteiger partial charge in [0, 0.05) is 24.3 Å². The Morgan fingerprint density at radius 1 is 1.43 bits per heavy atom. The van der Waals surface area contributed by atoms with Crippen molar-refractivity contribution in [3.63, 3.8) is 0 Å². The molecule has 0 aliphatic heterocycles. The first-order valence-electron chi connectivity index (χ1n) is 6.88. The number of rotatable bonds is 5. The maximum Gasteiger partial charge on any atom is 0.224 e. The Balaban J connectivity index is 1.82. The predicted octanol–water partition coefficient (Wildman–Crippen LogP) is 2.79. The number of hydrogen-bond donors (Lipinski definition) is 1. The van der Waals surface area contributed by atoms with Crippen LogP contribution < -0.4 is 5.32 Å². The zero-order valence-corrected chi connectivity index (χ0v) is 12.3. The minimum Gasteiger partial charge on any atom is -0.335 e. The third-order valence-corrected chi connectivity index (χ3v) is 3.42. The minimum atomic E-state index is -0.0421. The van der Waals surface area contributed by atoms with Gasteiger partial charge < -0.3 is 9.88 Å². The largest absolute Gasteiger partial charge is 0.335 e. The fraction of sp³-hybridized carbons (Fsp3) is 0.312. The topological polar surface area (TPSA) is 70.7 Å². The Morgan fingerprint density at radius 2 is 2.24 bits per heavy atom. The van der Waals surface area contributed by atoms with E-state index in [1.54, 1.807) is 30.6 Å². The van der Waals surface area contributed by atoms with Gasteiger partial charge in [-0.3, -0.25) is 4.79 Å². The van der Waals surface area contributed by atoms with E-state index in [4.69, 9.17) is 5.26 Å². The smallest absolute Gasteiger partial charge is 0.224 e. The van der Waals surface area contributed by atoms with E-state index in [2.05, 4.69) is 20.9 Å². The van der Waals surface area contributed by atoms with Crippen LogP contribution in [0.1, 0.15) is 29.8 Å². The van der Waals surface area contributed by atoms with E-state index in [1.807, 2.05) is 13.8 Å². The fourth-order valence-electron chi connectivity index (χ4n) is 2.07. The molecule has 0 fully saturated rings. The molecule has 0 aliphatic rings. The van der Waals surface area contributed by atoms with Crippen LogP contribution in [0.2, 0.25) is 0 Å². The Labute approximate surface area is 124 Å². The van der Waals surface area contributed by atoms with Crippen molar-refractivity contribution in [2.24, 2.45) is 0 Å². The van der Waals surface area contributed by atoms with Gasteiger partial charge in [-0.1, -0.05) is 6.07 Å². The number of nitriles is 1. The summed E-state index contributed by atoms with van der Waals surface area (Å²) in [5, 5.41) is 11.6. The van der Waals surface area contributed by atoms with Crippen LogP contribution in [0.5, 0.6) is 0 Å². The van der Waals surface area contributed by atoms with Gasteiger partial charge in [-0.05, 0) is 38.5 Å². The Bertz CT molecular complexity index is 682. The zero-order valence-electron chi connectivity index (χ0n) is 12.3. The molecule has 5 heteroatoms. The highest BCUT2D eigenvalue weighted by atomic mass is 16.1. The minimum absolute atomic E-state index is 0.0421. The molecule has 0 saturated carbocycles. The van der Waals surface area contributed by atoms with Crippen LogP contribution in [0, 0.1) is 25.2 Å². The lowest BCUT2D eigenvalue weighted by atomic mass is 10.2. The summed E-state index contributed by atoms with van der Waals surface area (Å²) in [4.78, 5) is 16.1. The first-order chi connectivity index (χ1) is 10.1. The molecule has 0 radical (unpaired) electrons. The summed E-state index contributed by atoms with van der Waals surface area (Å²) in [7, 11) is 0. The number of imidazole rings is 1. The van der Waals surface area contributed by atoms with Gasteiger partial charge >= 0.3 is 0 Å². The van der Waals surface area contributed by atoms with Gasteiger partial charge in [0.25, 0.3) is 0 Å². The molecule has 1 aromatic heterocycles. The molecule has 1 N–H and O–H groups in total. The van der Waals surface area contributed by atoms with Gasteiger partial charge in [0.1, 0.15) is 0 Å². The summed E-state index contributed by atoms with van der Waals surface area (Å²) in [6.45, 7) is 4.77. The SMILES string of the molecule is Cc1ncn(CCCC(=O)Nc2cccc(C#N)c2)c1C. The summed E-state index contributed by atoms with van der Waals surface area (Å²) >= 11 is 0. The predicted molar refractivity (Wildman–Crippen MR) is 80.7 cm³/mol. The fourth-order valence-corrected chi connectivity index (χ4v) is 2.07. The van der Waals surface area contributed by atoms with Crippen molar-refractivity contribution >= 4 is 11.6 Å². The van der Waals surface area contributed by atoms with Gasteiger partial charge in [-0.25, -0.2) is 4.98 Å². The number of amides is 1. The normalized spacial score (nSPS) is 10.1. The second kappa shape index (κ2) is 6.71. The lowest BCUT2D eigenvalue weighted by molar-refractivity contribution is -0.116. The van der Waals surface area contributed by atoms with Crippen molar-refractivity contribution in [1.29, 1.82) is 5.26 Å². The number of anilines is 1. The third kappa shape index (κ3) is 3.93. The van der Waals surface area contributed by atoms with Crippen molar-refractivity contribution in [3.05, 3.63) is 47.5 Å². The molecule has 1 aromatic carbocycles. The van der Waals surface area contributed by atoms with Crippen LogP contribution in [-0.4, -0.2) is 15.5 Å². The highest BCUT2D eigenvalue weighted by Crippen LogP contribution is 2.11. The van der Waals surface area contributed by atoms with Crippen molar-refractivity contribution in [3.8, 4) is 6.07 Å². The van der Waals surface area contributed by atoms with Crippen LogP contribution in [0.15, 0.2) is 30.6 Å². The van der Waals surface area contributed by atoms with Crippen LogP contribution >= 0.6 is 0 Å². The molecule has 0 aliphatic carbocycles. The van der Waals surface area contributed by atoms with Crippen LogP contribution in [0.3, 0.4) is 0 Å². The quantitative estimate of drug-likeness (QED) is 0.916. The summed E-state index contributed by atoms with van der Waals surface area (Å²) in [5.41, 5.74) is 3.36. The van der Waals surface area contributed by atoms with Gasteiger partial charge in [0.15, 0.2) is 0 Å². The average Bonchev–Trinajstić information content (AvgIpc) is 2.79. The number of hydrogen-bond acceptors (Lipinski definition) is 3. The Hall–Kier alpha value is -2.61. The van der Waals surface area contributed by atoms with Gasteiger partial charge in [0.2, 0.25) is 5.91 Å². The molecular formula is C16H18N4O. The van der Waals surface area contributed by atoms with E-state index in [-0.39, 0.29) is 5.91 Å². The summed E-state index contributed by atoms with van der Waals surface area (Å²) in [5.74, 6) is -0.0421. The van der Waals surface area contributed by atoms with Crippen LogP contribution in [-0.2, 0) is 11.3 Å². The van der Waals surface area contributed by atoms with E-state index in [0.717, 1.165) is 24.4 Å². The highest BCUT2D eigenvalue weighted by molar-refractivity contribution is 5.90. The van der Waals surface area contributed by atoms with Crippen molar-refractivity contribution < 1.29 is 4.79 Å². The van der Waals surface area contributed by atoms with E-state index in [9.17, 15) is 4.79 Å². The third-order valence-electron chi connectivity index (χ3n) is 3.42. The Morgan fingerprint density at radius 3 is 2.90 bits per heavy atom. The number of nitrogens with one attached hydrogen (secondary N) is 1. The number of carbonyl (C=O) groups excluding carboxylic acids is 1. The molecule has 5 nitrogen and oxygen atoms in total. The molecule has 2 rings (SSSR count). The maximum absolute atomic E-state index is 11.9. The first kappa shape index (κ1) is 14.8. The number of benzene rings is 1. The second-order valence-corrected chi connectivity index (χ2v) is 4.95. The van der Waals surface area contributed by atoms with Gasteiger partial charge in [-0.15, -0.1) is 0 Å². The van der Waals surface area contributed by atoms with Crippen LogP contribution in [0.4, 0.5) is 5.69 Å². The molecule has 0 spiro atoms. The van der Waals surface area contributed by atoms with Crippen molar-refractivity contribution in [2.45, 2.75) is 33.2 Å². The average molecular weight is 282 g/mol. The molecular weight excluding hydrogens is 264 g/mol. The lowest BCUT2D eigenvalue weighted by Gasteiger charge is -2.07. The number of aromatic nitrogens is 2. The highest BCUT2D eigenvalue weighted by Gasteiger charge is 2.05. The van der Waals surface area contributed by atoms with E-state index in [1.165, 1.54) is 0 Å². The molecule has 0 unspecified atom stereocenters. The molecule has 0 saturated heterocycles. The number of nitrogens with zero attached hydrogens (tertiary/aromatic N) is 3. The van der Waals surface area contributed by atoms with Gasteiger partial charge in [0.05, 0.1) is 23.7 Å². The summed E-state index contributed by atoms with van der Waals surface area (Å²) in [6.07, 6.45) is 2.99. The molecule has 21 heavy (non-hydrogen) atoms. The molecule has 0 atom stereocenters. The van der Waals surface area contributed by atoms with Gasteiger partial charge in [-0.2, -0.15) is 5.26 Å². The zero-order chi connectivity index (χ0) is 15.2. The second-order valence-electron chi connectivity index (χ2n) is 4.95. The molecule has 0 bridgehead atoms. The maximum atomic E-state index is 11.9. The molecule has 1 amide bonds. The van der Waals surface area contributed by atoms with Crippen molar-refractivity contribution in [2.75, 3.05) is 5.32 Å². The number of carbonyl (C=O) groups is 1. The van der Waals surface area contributed by atoms with E-state index < -0.39 is 0 Å². The summed E-state index contributed by atoms with van der Waals surface area (Å²) in [6, 6.07) is 8.96. The standard InChI is InChI=1S/C16H18N4O/c1-12-13(2)20(11-18-12)8-4-7-16(21)19-15-6-3-5-14(9-15)10-17/h3,5-6,9,11H,4,7-8H2,1-2H3,(H,19,21). The number of aryl methyl sites for hydroxylation is 2.